The number of nitro benzene ring substituents is 1. The standard InChI is InChI=1S/C16H20N4O4/c1-11(21)8-9-18(2)16(22)14-10-19(3)17-15(14)12-4-6-13(7-5-12)20(23)24/h4-7,10-11,21H,8-9H2,1-3H3. The third-order valence-corrected chi connectivity index (χ3v) is 3.64. The van der Waals surface area contributed by atoms with Gasteiger partial charge in [0, 0.05) is 44.5 Å². The predicted molar refractivity (Wildman–Crippen MR) is 88.6 cm³/mol. The molecule has 0 saturated heterocycles. The maximum atomic E-state index is 12.6. The predicted octanol–water partition coefficient (Wildman–Crippen LogP) is 1.84. The average molecular weight is 332 g/mol. The number of non-ortho nitro benzene ring substituents is 1. The SMILES string of the molecule is CC(O)CCN(C)C(=O)c1cn(C)nc1-c1ccc([N+](=O)[O-])cc1. The number of carbonyl (C=O) groups is 1. The van der Waals surface area contributed by atoms with E-state index in [4.69, 9.17) is 0 Å². The number of benzene rings is 1. The first-order valence-electron chi connectivity index (χ1n) is 7.51. The first-order valence-corrected chi connectivity index (χ1v) is 7.51. The van der Waals surface area contributed by atoms with Gasteiger partial charge in [-0.1, -0.05) is 0 Å². The third kappa shape index (κ3) is 3.96. The number of aliphatic hydroxyl groups excluding tert-OH is 1. The molecule has 1 atom stereocenters. The molecule has 1 heterocycles. The monoisotopic (exact) mass is 332 g/mol. The van der Waals surface area contributed by atoms with Crippen LogP contribution in [0.2, 0.25) is 0 Å². The molecule has 0 aliphatic heterocycles. The Morgan fingerprint density at radius 3 is 2.58 bits per heavy atom. The molecule has 0 saturated carbocycles. The van der Waals surface area contributed by atoms with Gasteiger partial charge < -0.3 is 10.0 Å². The minimum absolute atomic E-state index is 0.0170. The number of hydrogen-bond donors (Lipinski definition) is 1. The zero-order valence-corrected chi connectivity index (χ0v) is 13.8. The van der Waals surface area contributed by atoms with Crippen LogP contribution in [0, 0.1) is 10.1 Å². The smallest absolute Gasteiger partial charge is 0.269 e. The third-order valence-electron chi connectivity index (χ3n) is 3.64. The van der Waals surface area contributed by atoms with Crippen LogP contribution in [0.1, 0.15) is 23.7 Å². The lowest BCUT2D eigenvalue weighted by Crippen LogP contribution is -2.29. The molecule has 1 unspecified atom stereocenters. The minimum atomic E-state index is -0.483. The van der Waals surface area contributed by atoms with E-state index in [2.05, 4.69) is 5.10 Å². The number of amides is 1. The fraction of sp³-hybridized carbons (Fsp3) is 0.375. The van der Waals surface area contributed by atoms with E-state index in [0.717, 1.165) is 0 Å². The van der Waals surface area contributed by atoms with Gasteiger partial charge in [-0.3, -0.25) is 19.6 Å². The van der Waals surface area contributed by atoms with Crippen LogP contribution in [-0.4, -0.2) is 50.3 Å². The summed E-state index contributed by atoms with van der Waals surface area (Å²) >= 11 is 0. The number of nitro groups is 1. The Bertz CT molecular complexity index is 737. The molecule has 0 spiro atoms. The highest BCUT2D eigenvalue weighted by atomic mass is 16.6. The van der Waals surface area contributed by atoms with Gasteiger partial charge in [0.05, 0.1) is 16.6 Å². The van der Waals surface area contributed by atoms with Gasteiger partial charge >= 0.3 is 0 Å². The highest BCUT2D eigenvalue weighted by Gasteiger charge is 2.21. The first-order chi connectivity index (χ1) is 11.3. The van der Waals surface area contributed by atoms with Gasteiger partial charge in [-0.2, -0.15) is 5.10 Å². The number of carbonyl (C=O) groups excluding carboxylic acids is 1. The summed E-state index contributed by atoms with van der Waals surface area (Å²) in [5.74, 6) is -0.211. The number of nitrogens with zero attached hydrogens (tertiary/aromatic N) is 4. The minimum Gasteiger partial charge on any atom is -0.393 e. The van der Waals surface area contributed by atoms with Crippen LogP contribution < -0.4 is 0 Å². The van der Waals surface area contributed by atoms with Crippen LogP contribution in [0.15, 0.2) is 30.5 Å². The quantitative estimate of drug-likeness (QED) is 0.642. The van der Waals surface area contributed by atoms with Crippen molar-refractivity contribution in [2.24, 2.45) is 7.05 Å². The molecular weight excluding hydrogens is 312 g/mol. The van der Waals surface area contributed by atoms with Gasteiger partial charge in [-0.25, -0.2) is 0 Å². The molecule has 1 aromatic carbocycles. The lowest BCUT2D eigenvalue weighted by Gasteiger charge is -2.17. The van der Waals surface area contributed by atoms with Crippen molar-refractivity contribution in [3.05, 3.63) is 46.1 Å². The molecule has 8 nitrogen and oxygen atoms in total. The molecule has 1 aromatic heterocycles. The average Bonchev–Trinajstić information content (AvgIpc) is 2.93. The summed E-state index contributed by atoms with van der Waals surface area (Å²) in [5, 5.41) is 24.4. The van der Waals surface area contributed by atoms with Crippen molar-refractivity contribution in [1.29, 1.82) is 0 Å². The van der Waals surface area contributed by atoms with Crippen LogP contribution in [0.3, 0.4) is 0 Å². The lowest BCUT2D eigenvalue weighted by molar-refractivity contribution is -0.384. The number of aryl methyl sites for hydroxylation is 1. The van der Waals surface area contributed by atoms with Crippen LogP contribution in [-0.2, 0) is 7.05 Å². The molecule has 1 N–H and O–H groups in total. The maximum Gasteiger partial charge on any atom is 0.269 e. The molecular formula is C16H20N4O4. The molecule has 2 aromatic rings. The van der Waals surface area contributed by atoms with Gasteiger partial charge in [0.25, 0.3) is 11.6 Å². The Balaban J connectivity index is 2.29. The van der Waals surface area contributed by atoms with Gasteiger partial charge in [0.2, 0.25) is 0 Å². The fourth-order valence-electron chi connectivity index (χ4n) is 2.29. The highest BCUT2D eigenvalue weighted by Crippen LogP contribution is 2.25. The summed E-state index contributed by atoms with van der Waals surface area (Å²) in [5.41, 5.74) is 1.51. The summed E-state index contributed by atoms with van der Waals surface area (Å²) in [6.45, 7) is 2.09. The van der Waals surface area contributed by atoms with E-state index in [1.54, 1.807) is 39.3 Å². The second-order valence-electron chi connectivity index (χ2n) is 5.73. The van der Waals surface area contributed by atoms with E-state index < -0.39 is 11.0 Å². The van der Waals surface area contributed by atoms with Crippen molar-refractivity contribution >= 4 is 11.6 Å². The largest absolute Gasteiger partial charge is 0.393 e. The molecule has 0 aliphatic rings. The number of rotatable bonds is 6. The van der Waals surface area contributed by atoms with E-state index in [-0.39, 0.29) is 11.6 Å². The Morgan fingerprint density at radius 1 is 1.42 bits per heavy atom. The maximum absolute atomic E-state index is 12.6. The van der Waals surface area contributed by atoms with Crippen LogP contribution in [0.5, 0.6) is 0 Å². The Kier molecular flexibility index (Phi) is 5.30. The molecule has 0 radical (unpaired) electrons. The molecule has 2 rings (SSSR count). The van der Waals surface area contributed by atoms with Crippen LogP contribution >= 0.6 is 0 Å². The van der Waals surface area contributed by atoms with E-state index in [9.17, 15) is 20.0 Å². The summed E-state index contributed by atoms with van der Waals surface area (Å²) in [7, 11) is 3.37. The second-order valence-corrected chi connectivity index (χ2v) is 5.73. The summed E-state index contributed by atoms with van der Waals surface area (Å²) in [6.07, 6.45) is 1.62. The van der Waals surface area contributed by atoms with Crippen molar-refractivity contribution in [3.63, 3.8) is 0 Å². The summed E-state index contributed by atoms with van der Waals surface area (Å²) < 4.78 is 1.53. The Hall–Kier alpha value is -2.74. The molecule has 0 bridgehead atoms. The Morgan fingerprint density at radius 2 is 2.04 bits per heavy atom. The van der Waals surface area contributed by atoms with Crippen molar-refractivity contribution in [2.45, 2.75) is 19.4 Å². The number of aromatic nitrogens is 2. The lowest BCUT2D eigenvalue weighted by atomic mass is 10.1. The number of aliphatic hydroxyl groups is 1. The summed E-state index contributed by atoms with van der Waals surface area (Å²) in [6, 6.07) is 5.92. The van der Waals surface area contributed by atoms with Gasteiger partial charge in [0.15, 0.2) is 0 Å². The Labute approximate surface area is 139 Å². The van der Waals surface area contributed by atoms with Gasteiger partial charge in [-0.15, -0.1) is 0 Å². The van der Waals surface area contributed by atoms with Crippen LogP contribution in [0.25, 0.3) is 11.3 Å². The van der Waals surface area contributed by atoms with E-state index in [0.29, 0.717) is 29.8 Å². The van der Waals surface area contributed by atoms with Gasteiger partial charge in [-0.05, 0) is 25.5 Å². The topological polar surface area (TPSA) is 102 Å². The van der Waals surface area contributed by atoms with E-state index in [1.165, 1.54) is 21.7 Å². The summed E-state index contributed by atoms with van der Waals surface area (Å²) in [4.78, 5) is 24.4. The van der Waals surface area contributed by atoms with Crippen molar-refractivity contribution < 1.29 is 14.8 Å². The van der Waals surface area contributed by atoms with E-state index >= 15 is 0 Å². The van der Waals surface area contributed by atoms with Gasteiger partial charge in [0.1, 0.15) is 5.69 Å². The molecule has 0 aliphatic carbocycles. The normalized spacial score (nSPS) is 12.0. The zero-order chi connectivity index (χ0) is 17.9. The van der Waals surface area contributed by atoms with Crippen molar-refractivity contribution in [3.8, 4) is 11.3 Å². The first kappa shape index (κ1) is 17.6. The molecule has 1 amide bonds. The zero-order valence-electron chi connectivity index (χ0n) is 13.8. The van der Waals surface area contributed by atoms with Crippen molar-refractivity contribution in [1.82, 2.24) is 14.7 Å². The second kappa shape index (κ2) is 7.22. The van der Waals surface area contributed by atoms with E-state index in [1.807, 2.05) is 0 Å². The molecule has 24 heavy (non-hydrogen) atoms. The molecule has 0 fully saturated rings. The fourth-order valence-corrected chi connectivity index (χ4v) is 2.29. The molecule has 8 heteroatoms. The number of hydrogen-bond acceptors (Lipinski definition) is 5. The van der Waals surface area contributed by atoms with Crippen LogP contribution in [0.4, 0.5) is 5.69 Å². The highest BCUT2D eigenvalue weighted by molar-refractivity contribution is 5.99. The molecule has 128 valence electrons. The van der Waals surface area contributed by atoms with Crippen molar-refractivity contribution in [2.75, 3.05) is 13.6 Å².